The van der Waals surface area contributed by atoms with Crippen LogP contribution in [0.25, 0.3) is 12.2 Å². The molecule has 2 aromatic carbocycles. The molecule has 0 aliphatic carbocycles. The van der Waals surface area contributed by atoms with Gasteiger partial charge in [-0.3, -0.25) is 0 Å². The molecule has 0 saturated carbocycles. The molecule has 134 valence electrons. The van der Waals surface area contributed by atoms with E-state index in [0.717, 1.165) is 52.5 Å². The molecule has 0 aliphatic rings. The van der Waals surface area contributed by atoms with Gasteiger partial charge in [-0.15, -0.1) is 0 Å². The van der Waals surface area contributed by atoms with E-state index in [1.807, 2.05) is 42.5 Å². The van der Waals surface area contributed by atoms with E-state index in [9.17, 15) is 0 Å². The third-order valence-electron chi connectivity index (χ3n) is 3.97. The van der Waals surface area contributed by atoms with Crippen LogP contribution in [0.3, 0.4) is 0 Å². The quantitative estimate of drug-likeness (QED) is 0.643. The minimum atomic E-state index is 0.757. The summed E-state index contributed by atoms with van der Waals surface area (Å²) in [4.78, 5) is 0. The number of benzene rings is 2. The molecule has 0 saturated heterocycles. The highest BCUT2D eigenvalue weighted by Crippen LogP contribution is 2.32. The van der Waals surface area contributed by atoms with Gasteiger partial charge in [0.15, 0.2) is 0 Å². The third kappa shape index (κ3) is 4.69. The molecule has 0 unspecified atom stereocenters. The topological polar surface area (TPSA) is 36.9 Å². The largest absolute Gasteiger partial charge is 0.497 e. The van der Waals surface area contributed by atoms with Crippen molar-refractivity contribution >= 4 is 12.2 Å². The molecular formula is C21H26O4. The molecule has 2 aromatic rings. The average Bonchev–Trinajstić information content (AvgIpc) is 2.66. The van der Waals surface area contributed by atoms with Gasteiger partial charge in [-0.05, 0) is 41.8 Å². The first kappa shape index (κ1) is 18.7. The van der Waals surface area contributed by atoms with E-state index >= 15 is 0 Å². The van der Waals surface area contributed by atoms with Crippen LogP contribution in [0.2, 0.25) is 0 Å². The molecule has 4 nitrogen and oxygen atoms in total. The van der Waals surface area contributed by atoms with E-state index < -0.39 is 0 Å². The highest BCUT2D eigenvalue weighted by molar-refractivity contribution is 5.73. The van der Waals surface area contributed by atoms with Crippen LogP contribution in [0.4, 0.5) is 0 Å². The predicted molar refractivity (Wildman–Crippen MR) is 102 cm³/mol. The Hall–Kier alpha value is -2.62. The summed E-state index contributed by atoms with van der Waals surface area (Å²) >= 11 is 0. The zero-order valence-corrected chi connectivity index (χ0v) is 15.6. The number of ether oxygens (including phenoxy) is 4. The normalized spacial score (nSPS) is 10.8. The number of hydrogen-bond acceptors (Lipinski definition) is 4. The Balaban J connectivity index is 2.38. The molecule has 0 aromatic heterocycles. The standard InChI is InChI=1S/C21H26O4/c1-6-7-19-20(24-4)12-16(13-21(19)25-5)9-8-15-10-17(22-2)14-18(11-15)23-3/h8-14H,6-7H2,1-5H3. The first-order chi connectivity index (χ1) is 12.1. The van der Waals surface area contributed by atoms with Crippen molar-refractivity contribution in [2.75, 3.05) is 28.4 Å². The number of methoxy groups -OCH3 is 4. The Morgan fingerprint density at radius 2 is 1.16 bits per heavy atom. The Morgan fingerprint density at radius 3 is 1.56 bits per heavy atom. The first-order valence-corrected chi connectivity index (χ1v) is 8.31. The van der Waals surface area contributed by atoms with Crippen molar-refractivity contribution in [3.63, 3.8) is 0 Å². The number of hydrogen-bond donors (Lipinski definition) is 0. The molecule has 0 atom stereocenters. The van der Waals surface area contributed by atoms with Gasteiger partial charge in [-0.25, -0.2) is 0 Å². The fraction of sp³-hybridized carbons (Fsp3) is 0.333. The van der Waals surface area contributed by atoms with Crippen LogP contribution in [0.1, 0.15) is 30.0 Å². The molecule has 0 amide bonds. The lowest BCUT2D eigenvalue weighted by molar-refractivity contribution is 0.385. The van der Waals surface area contributed by atoms with Crippen molar-refractivity contribution in [3.05, 3.63) is 47.0 Å². The summed E-state index contributed by atoms with van der Waals surface area (Å²) in [5.74, 6) is 3.22. The summed E-state index contributed by atoms with van der Waals surface area (Å²) in [7, 11) is 6.66. The molecule has 0 bridgehead atoms. The highest BCUT2D eigenvalue weighted by atomic mass is 16.5. The molecule has 25 heavy (non-hydrogen) atoms. The van der Waals surface area contributed by atoms with E-state index in [1.165, 1.54) is 0 Å². The summed E-state index contributed by atoms with van der Waals surface area (Å²) in [5.41, 5.74) is 3.11. The fourth-order valence-corrected chi connectivity index (χ4v) is 2.72. The third-order valence-corrected chi connectivity index (χ3v) is 3.97. The molecule has 0 heterocycles. The predicted octanol–water partition coefficient (Wildman–Crippen LogP) is 4.84. The SMILES string of the molecule is CCCc1c(OC)cc(C=Cc2cc(OC)cc(OC)c2)cc1OC. The molecule has 0 aliphatic heterocycles. The van der Waals surface area contributed by atoms with Gasteiger partial charge in [0.05, 0.1) is 28.4 Å². The van der Waals surface area contributed by atoms with Gasteiger partial charge in [0.2, 0.25) is 0 Å². The first-order valence-electron chi connectivity index (χ1n) is 8.31. The van der Waals surface area contributed by atoms with Crippen LogP contribution in [0.15, 0.2) is 30.3 Å². The van der Waals surface area contributed by atoms with E-state index in [2.05, 4.69) is 6.92 Å². The smallest absolute Gasteiger partial charge is 0.126 e. The van der Waals surface area contributed by atoms with Crippen LogP contribution >= 0.6 is 0 Å². The van der Waals surface area contributed by atoms with Gasteiger partial charge in [0.1, 0.15) is 23.0 Å². The van der Waals surface area contributed by atoms with Crippen molar-refractivity contribution in [2.45, 2.75) is 19.8 Å². The van der Waals surface area contributed by atoms with Gasteiger partial charge in [0, 0.05) is 11.6 Å². The lowest BCUT2D eigenvalue weighted by Gasteiger charge is -2.14. The second-order valence-corrected chi connectivity index (χ2v) is 5.63. The lowest BCUT2D eigenvalue weighted by Crippen LogP contribution is -1.97. The Morgan fingerprint density at radius 1 is 0.680 bits per heavy atom. The van der Waals surface area contributed by atoms with Gasteiger partial charge < -0.3 is 18.9 Å². The summed E-state index contributed by atoms with van der Waals surface area (Å²) in [6, 6.07) is 9.82. The molecule has 0 radical (unpaired) electrons. The molecule has 0 N–H and O–H groups in total. The van der Waals surface area contributed by atoms with Gasteiger partial charge in [-0.2, -0.15) is 0 Å². The van der Waals surface area contributed by atoms with E-state index in [-0.39, 0.29) is 0 Å². The van der Waals surface area contributed by atoms with Crippen LogP contribution in [0, 0.1) is 0 Å². The maximum atomic E-state index is 5.55. The molecule has 4 heteroatoms. The average molecular weight is 342 g/mol. The van der Waals surface area contributed by atoms with Gasteiger partial charge >= 0.3 is 0 Å². The Kier molecular flexibility index (Phi) is 6.75. The molecular weight excluding hydrogens is 316 g/mol. The monoisotopic (exact) mass is 342 g/mol. The van der Waals surface area contributed by atoms with Crippen molar-refractivity contribution in [1.82, 2.24) is 0 Å². The van der Waals surface area contributed by atoms with Crippen molar-refractivity contribution in [3.8, 4) is 23.0 Å². The van der Waals surface area contributed by atoms with Crippen LogP contribution in [0.5, 0.6) is 23.0 Å². The van der Waals surface area contributed by atoms with E-state index in [4.69, 9.17) is 18.9 Å². The zero-order valence-electron chi connectivity index (χ0n) is 15.6. The Bertz CT molecular complexity index is 687. The summed E-state index contributed by atoms with van der Waals surface area (Å²) in [6.07, 6.45) is 5.99. The van der Waals surface area contributed by atoms with Crippen molar-refractivity contribution in [1.29, 1.82) is 0 Å². The minimum Gasteiger partial charge on any atom is -0.497 e. The number of rotatable bonds is 8. The second kappa shape index (κ2) is 9.02. The fourth-order valence-electron chi connectivity index (χ4n) is 2.72. The minimum absolute atomic E-state index is 0.757. The van der Waals surface area contributed by atoms with Crippen LogP contribution in [-0.2, 0) is 6.42 Å². The van der Waals surface area contributed by atoms with Gasteiger partial charge in [0.25, 0.3) is 0 Å². The van der Waals surface area contributed by atoms with Crippen LogP contribution < -0.4 is 18.9 Å². The van der Waals surface area contributed by atoms with Gasteiger partial charge in [-0.1, -0.05) is 25.5 Å². The summed E-state index contributed by atoms with van der Waals surface area (Å²) < 4.78 is 21.7. The summed E-state index contributed by atoms with van der Waals surface area (Å²) in [5, 5.41) is 0. The molecule has 0 fully saturated rings. The highest BCUT2D eigenvalue weighted by Gasteiger charge is 2.11. The maximum Gasteiger partial charge on any atom is 0.126 e. The summed E-state index contributed by atoms with van der Waals surface area (Å²) in [6.45, 7) is 2.14. The van der Waals surface area contributed by atoms with E-state index in [1.54, 1.807) is 28.4 Å². The Labute approximate surface area is 150 Å². The van der Waals surface area contributed by atoms with Crippen LogP contribution in [-0.4, -0.2) is 28.4 Å². The maximum absolute atomic E-state index is 5.55. The van der Waals surface area contributed by atoms with E-state index in [0.29, 0.717) is 0 Å². The zero-order chi connectivity index (χ0) is 18.2. The van der Waals surface area contributed by atoms with Crippen molar-refractivity contribution in [2.24, 2.45) is 0 Å². The molecule has 0 spiro atoms. The lowest BCUT2D eigenvalue weighted by atomic mass is 10.0. The second-order valence-electron chi connectivity index (χ2n) is 5.63. The van der Waals surface area contributed by atoms with Crippen molar-refractivity contribution < 1.29 is 18.9 Å². The molecule has 2 rings (SSSR count).